The molecule has 1 N–H and O–H groups in total. The van der Waals surface area contributed by atoms with Crippen LogP contribution in [0, 0.1) is 16.0 Å². The van der Waals surface area contributed by atoms with Gasteiger partial charge in [0.2, 0.25) is 0 Å². The van der Waals surface area contributed by atoms with Crippen molar-refractivity contribution in [3.8, 4) is 5.75 Å². The van der Waals surface area contributed by atoms with Crippen LogP contribution in [0.5, 0.6) is 5.75 Å². The van der Waals surface area contributed by atoms with Gasteiger partial charge in [-0.15, -0.1) is 0 Å². The fraction of sp³-hybridized carbons (Fsp3) is 0.500. The number of rotatable bonds is 4. The van der Waals surface area contributed by atoms with Crippen molar-refractivity contribution in [3.63, 3.8) is 0 Å². The van der Waals surface area contributed by atoms with Crippen LogP contribution >= 0.6 is 0 Å². The molecule has 0 bridgehead atoms. The maximum absolute atomic E-state index is 10.6. The first-order chi connectivity index (χ1) is 8.16. The molecule has 92 valence electrons. The zero-order valence-electron chi connectivity index (χ0n) is 9.76. The molecule has 0 aromatic heterocycles. The average Bonchev–Trinajstić information content (AvgIpc) is 2.72. The van der Waals surface area contributed by atoms with Crippen molar-refractivity contribution in [2.24, 2.45) is 5.92 Å². The van der Waals surface area contributed by atoms with Gasteiger partial charge in [0.25, 0.3) is 5.69 Å². The molecule has 1 fully saturated rings. The molecule has 5 heteroatoms. The first-order valence-electron chi connectivity index (χ1n) is 5.77. The topological polar surface area (TPSA) is 64.4 Å². The van der Waals surface area contributed by atoms with Gasteiger partial charge in [0.15, 0.2) is 0 Å². The predicted molar refractivity (Wildman–Crippen MR) is 64.2 cm³/mol. The van der Waals surface area contributed by atoms with E-state index in [9.17, 15) is 10.1 Å². The number of non-ortho nitro benzene ring substituents is 1. The molecule has 5 nitrogen and oxygen atoms in total. The molecule has 0 amide bonds. The smallest absolute Gasteiger partial charge is 0.273 e. The zero-order valence-corrected chi connectivity index (χ0v) is 9.76. The molecular weight excluding hydrogens is 220 g/mol. The maximum atomic E-state index is 10.6. The standard InChI is InChI=1S/C12H16N2O3/c1-9-10(5-6-13-9)8-17-12-4-2-3-11(7-12)14(15)16/h2-4,7,9-10,13H,5-6,8H2,1H3. The summed E-state index contributed by atoms with van der Waals surface area (Å²) in [4.78, 5) is 10.2. The third-order valence-electron chi connectivity index (χ3n) is 3.18. The Bertz CT molecular complexity index is 408. The van der Waals surface area contributed by atoms with Crippen molar-refractivity contribution in [3.05, 3.63) is 34.4 Å². The van der Waals surface area contributed by atoms with Crippen LogP contribution in [0.3, 0.4) is 0 Å². The summed E-state index contributed by atoms with van der Waals surface area (Å²) in [5.74, 6) is 1.05. The van der Waals surface area contributed by atoms with E-state index in [1.54, 1.807) is 12.1 Å². The highest BCUT2D eigenvalue weighted by molar-refractivity contribution is 5.37. The van der Waals surface area contributed by atoms with Crippen LogP contribution in [0.1, 0.15) is 13.3 Å². The van der Waals surface area contributed by atoms with Gasteiger partial charge in [0, 0.05) is 18.0 Å². The molecule has 1 aromatic carbocycles. The Hall–Kier alpha value is -1.62. The van der Waals surface area contributed by atoms with E-state index in [4.69, 9.17) is 4.74 Å². The Labute approximate surface area is 99.9 Å². The summed E-state index contributed by atoms with van der Waals surface area (Å²) in [6.45, 7) is 3.76. The molecule has 1 saturated heterocycles. The predicted octanol–water partition coefficient (Wildman–Crippen LogP) is 1.97. The summed E-state index contributed by atoms with van der Waals surface area (Å²) < 4.78 is 5.61. The van der Waals surface area contributed by atoms with Crippen molar-refractivity contribution in [1.29, 1.82) is 0 Å². The van der Waals surface area contributed by atoms with E-state index in [0.29, 0.717) is 24.3 Å². The van der Waals surface area contributed by atoms with Gasteiger partial charge in [-0.2, -0.15) is 0 Å². The van der Waals surface area contributed by atoms with Crippen LogP contribution in [0.2, 0.25) is 0 Å². The summed E-state index contributed by atoms with van der Waals surface area (Å²) in [6, 6.07) is 6.78. The van der Waals surface area contributed by atoms with Crippen molar-refractivity contribution in [2.45, 2.75) is 19.4 Å². The summed E-state index contributed by atoms with van der Waals surface area (Å²) in [6.07, 6.45) is 1.09. The van der Waals surface area contributed by atoms with E-state index < -0.39 is 4.92 Å². The van der Waals surface area contributed by atoms with Crippen LogP contribution < -0.4 is 10.1 Å². The van der Waals surface area contributed by atoms with Crippen LogP contribution in [0.15, 0.2) is 24.3 Å². The molecule has 17 heavy (non-hydrogen) atoms. The molecule has 1 heterocycles. The van der Waals surface area contributed by atoms with Gasteiger partial charge in [-0.05, 0) is 26.0 Å². The minimum absolute atomic E-state index is 0.0695. The lowest BCUT2D eigenvalue weighted by molar-refractivity contribution is -0.384. The van der Waals surface area contributed by atoms with Gasteiger partial charge < -0.3 is 10.1 Å². The van der Waals surface area contributed by atoms with E-state index in [1.807, 2.05) is 0 Å². The van der Waals surface area contributed by atoms with Gasteiger partial charge in [-0.1, -0.05) is 6.07 Å². The molecule has 0 radical (unpaired) electrons. The molecule has 2 rings (SSSR count). The number of hydrogen-bond acceptors (Lipinski definition) is 4. The third kappa shape index (κ3) is 2.94. The second kappa shape index (κ2) is 5.14. The van der Waals surface area contributed by atoms with Crippen LogP contribution in [0.25, 0.3) is 0 Å². The van der Waals surface area contributed by atoms with E-state index in [0.717, 1.165) is 13.0 Å². The monoisotopic (exact) mass is 236 g/mol. The first-order valence-corrected chi connectivity index (χ1v) is 5.77. The Morgan fingerprint density at radius 1 is 1.59 bits per heavy atom. The summed E-state index contributed by atoms with van der Waals surface area (Å²) in [5, 5.41) is 14.0. The molecule has 0 spiro atoms. The van der Waals surface area contributed by atoms with Gasteiger partial charge in [-0.25, -0.2) is 0 Å². The van der Waals surface area contributed by atoms with Crippen molar-refractivity contribution in [1.82, 2.24) is 5.32 Å². The zero-order chi connectivity index (χ0) is 12.3. The van der Waals surface area contributed by atoms with E-state index in [2.05, 4.69) is 12.2 Å². The molecule has 1 aliphatic heterocycles. The number of benzene rings is 1. The van der Waals surface area contributed by atoms with Crippen molar-refractivity contribution >= 4 is 5.69 Å². The number of nitrogens with one attached hydrogen (secondary N) is 1. The highest BCUT2D eigenvalue weighted by Gasteiger charge is 2.23. The number of nitro benzene ring substituents is 1. The molecule has 1 aliphatic rings. The molecule has 1 aromatic rings. The lowest BCUT2D eigenvalue weighted by Gasteiger charge is -2.15. The minimum atomic E-state index is -0.410. The van der Waals surface area contributed by atoms with Gasteiger partial charge >= 0.3 is 0 Å². The highest BCUT2D eigenvalue weighted by atomic mass is 16.6. The summed E-state index contributed by atoms with van der Waals surface area (Å²) >= 11 is 0. The van der Waals surface area contributed by atoms with Gasteiger partial charge in [0.05, 0.1) is 17.6 Å². The molecule has 2 unspecified atom stereocenters. The first kappa shape index (κ1) is 11.9. The van der Waals surface area contributed by atoms with Crippen molar-refractivity contribution in [2.75, 3.05) is 13.2 Å². The Balaban J connectivity index is 1.94. The Morgan fingerprint density at radius 2 is 2.41 bits per heavy atom. The fourth-order valence-corrected chi connectivity index (χ4v) is 2.03. The van der Waals surface area contributed by atoms with Gasteiger partial charge in [-0.3, -0.25) is 10.1 Å². The van der Waals surface area contributed by atoms with E-state index >= 15 is 0 Å². The number of nitrogens with zero attached hydrogens (tertiary/aromatic N) is 1. The minimum Gasteiger partial charge on any atom is -0.493 e. The average molecular weight is 236 g/mol. The van der Waals surface area contributed by atoms with Gasteiger partial charge in [0.1, 0.15) is 5.75 Å². The second-order valence-corrected chi connectivity index (χ2v) is 4.36. The quantitative estimate of drug-likeness (QED) is 0.641. The van der Waals surface area contributed by atoms with E-state index in [-0.39, 0.29) is 5.69 Å². The van der Waals surface area contributed by atoms with E-state index in [1.165, 1.54) is 12.1 Å². The second-order valence-electron chi connectivity index (χ2n) is 4.36. The normalized spacial score (nSPS) is 23.6. The van der Waals surface area contributed by atoms with Crippen LogP contribution in [-0.2, 0) is 0 Å². The number of hydrogen-bond donors (Lipinski definition) is 1. The largest absolute Gasteiger partial charge is 0.493 e. The fourth-order valence-electron chi connectivity index (χ4n) is 2.03. The molecular formula is C12H16N2O3. The van der Waals surface area contributed by atoms with Crippen molar-refractivity contribution < 1.29 is 9.66 Å². The summed E-state index contributed by atoms with van der Waals surface area (Å²) in [7, 11) is 0. The Morgan fingerprint density at radius 3 is 3.06 bits per heavy atom. The summed E-state index contributed by atoms with van der Waals surface area (Å²) in [5.41, 5.74) is 0.0695. The molecule has 0 saturated carbocycles. The number of ether oxygens (including phenoxy) is 1. The SMILES string of the molecule is CC1NCCC1COc1cccc([N+](=O)[O-])c1. The third-order valence-corrected chi connectivity index (χ3v) is 3.18. The lowest BCUT2D eigenvalue weighted by Crippen LogP contribution is -2.26. The van der Waals surface area contributed by atoms with Crippen LogP contribution in [0.4, 0.5) is 5.69 Å². The number of nitro groups is 1. The lowest BCUT2D eigenvalue weighted by atomic mass is 10.0. The maximum Gasteiger partial charge on any atom is 0.273 e. The molecule has 2 atom stereocenters. The Kier molecular flexibility index (Phi) is 3.58. The van der Waals surface area contributed by atoms with Crippen LogP contribution in [-0.4, -0.2) is 24.1 Å². The highest BCUT2D eigenvalue weighted by Crippen LogP contribution is 2.21. The molecule has 0 aliphatic carbocycles.